The molecular formula is C35H40Cl2N8O4. The van der Waals surface area contributed by atoms with Crippen LogP contribution in [0.1, 0.15) is 30.5 Å². The third-order valence-corrected chi connectivity index (χ3v) is 9.03. The van der Waals surface area contributed by atoms with Crippen molar-refractivity contribution in [1.82, 2.24) is 31.2 Å². The first kappa shape index (κ1) is 35.9. The first-order valence-corrected chi connectivity index (χ1v) is 16.8. The van der Waals surface area contributed by atoms with E-state index in [0.29, 0.717) is 107 Å². The second-order valence-corrected chi connectivity index (χ2v) is 12.4. The number of amides is 2. The van der Waals surface area contributed by atoms with Crippen LogP contribution in [0.25, 0.3) is 22.4 Å². The summed E-state index contributed by atoms with van der Waals surface area (Å²) in [5.74, 6) is 1.04. The molecule has 4 N–H and O–H groups in total. The Hall–Kier alpha value is -4.36. The second kappa shape index (κ2) is 17.3. The van der Waals surface area contributed by atoms with Gasteiger partial charge in [-0.25, -0.2) is 9.98 Å². The zero-order chi connectivity index (χ0) is 34.8. The Labute approximate surface area is 295 Å². The molecular weight excluding hydrogens is 667 g/mol. The number of aromatic nitrogens is 2. The highest BCUT2D eigenvalue weighted by atomic mass is 35.5. The number of aliphatic imine (C=N–C) groups is 2. The predicted octanol–water partition coefficient (Wildman–Crippen LogP) is 4.20. The minimum absolute atomic E-state index is 0.0771. The smallest absolute Gasteiger partial charge is 0.237 e. The zero-order valence-corrected chi connectivity index (χ0v) is 29.0. The maximum atomic E-state index is 11.5. The van der Waals surface area contributed by atoms with Gasteiger partial charge in [0.25, 0.3) is 0 Å². The number of hydrogen-bond acceptors (Lipinski definition) is 10. The lowest BCUT2D eigenvalue weighted by atomic mass is 9.98. The largest absolute Gasteiger partial charge is 0.481 e. The summed E-state index contributed by atoms with van der Waals surface area (Å²) in [6, 6.07) is 11.4. The van der Waals surface area contributed by atoms with Crippen molar-refractivity contribution in [2.45, 2.75) is 31.8 Å². The number of nitrogens with one attached hydrogen (secondary N) is 4. The van der Waals surface area contributed by atoms with Crippen LogP contribution in [0.15, 0.2) is 65.0 Å². The summed E-state index contributed by atoms with van der Waals surface area (Å²) in [4.78, 5) is 41.3. The van der Waals surface area contributed by atoms with Crippen molar-refractivity contribution >= 4 is 46.9 Å². The van der Waals surface area contributed by atoms with Gasteiger partial charge in [0, 0.05) is 80.1 Å². The van der Waals surface area contributed by atoms with Crippen molar-refractivity contribution in [3.05, 3.63) is 76.4 Å². The number of methoxy groups -OCH3 is 2. The molecule has 0 radical (unpaired) electrons. The van der Waals surface area contributed by atoms with E-state index in [1.807, 2.05) is 36.4 Å². The molecule has 0 bridgehead atoms. The van der Waals surface area contributed by atoms with Gasteiger partial charge in [0.2, 0.25) is 23.6 Å². The van der Waals surface area contributed by atoms with Crippen LogP contribution in [0.5, 0.6) is 5.88 Å². The van der Waals surface area contributed by atoms with Crippen molar-refractivity contribution in [2.75, 3.05) is 46.9 Å². The Kier molecular flexibility index (Phi) is 12.7. The molecule has 0 aliphatic carbocycles. The van der Waals surface area contributed by atoms with Crippen LogP contribution >= 0.6 is 23.2 Å². The minimum atomic E-state index is 0.0771. The molecule has 2 unspecified atom stereocenters. The fraction of sp³-hybridized carbons (Fsp3) is 0.371. The average Bonchev–Trinajstić information content (AvgIpc) is 3.72. The third kappa shape index (κ3) is 9.42. The molecule has 1 aromatic heterocycles. The van der Waals surface area contributed by atoms with E-state index < -0.39 is 0 Å². The number of nitrogens with zero attached hydrogens (tertiary/aromatic N) is 4. The van der Waals surface area contributed by atoms with Gasteiger partial charge in [-0.1, -0.05) is 59.6 Å². The van der Waals surface area contributed by atoms with Crippen molar-refractivity contribution in [1.29, 1.82) is 0 Å². The molecule has 3 heterocycles. The summed E-state index contributed by atoms with van der Waals surface area (Å²) in [6.45, 7) is 7.48. The van der Waals surface area contributed by atoms with Gasteiger partial charge in [0.05, 0.1) is 48.4 Å². The summed E-state index contributed by atoms with van der Waals surface area (Å²) < 4.78 is 10.8. The highest BCUT2D eigenvalue weighted by Crippen LogP contribution is 2.40. The molecule has 12 nitrogen and oxygen atoms in total. The normalized spacial score (nSPS) is 17.8. The quantitative estimate of drug-likeness (QED) is 0.0984. The van der Waals surface area contributed by atoms with E-state index in [1.165, 1.54) is 7.11 Å². The third-order valence-electron chi connectivity index (χ3n) is 8.22. The molecule has 2 amide bonds. The molecule has 14 heteroatoms. The molecule has 2 fully saturated rings. The summed E-state index contributed by atoms with van der Waals surface area (Å²) in [5.41, 5.74) is 4.33. The molecule has 49 heavy (non-hydrogen) atoms. The molecule has 3 aromatic rings. The van der Waals surface area contributed by atoms with E-state index >= 15 is 0 Å². The Morgan fingerprint density at radius 3 is 2.55 bits per heavy atom. The van der Waals surface area contributed by atoms with Gasteiger partial charge < -0.3 is 30.7 Å². The number of ether oxygens (including phenoxy) is 2. The van der Waals surface area contributed by atoms with Crippen LogP contribution in [0.3, 0.4) is 0 Å². The van der Waals surface area contributed by atoms with Gasteiger partial charge in [0.1, 0.15) is 5.69 Å². The maximum Gasteiger partial charge on any atom is 0.237 e. The number of rotatable bonds is 16. The number of carbonyl (C=O) groups excluding carboxylic acids is 2. The van der Waals surface area contributed by atoms with Crippen molar-refractivity contribution < 1.29 is 19.1 Å². The van der Waals surface area contributed by atoms with Crippen LogP contribution in [0.2, 0.25) is 10.0 Å². The Morgan fingerprint density at radius 2 is 1.84 bits per heavy atom. The monoisotopic (exact) mass is 706 g/mol. The summed E-state index contributed by atoms with van der Waals surface area (Å²) >= 11 is 14.1. The average molecular weight is 708 g/mol. The van der Waals surface area contributed by atoms with Crippen molar-refractivity contribution in [3.63, 3.8) is 0 Å². The molecule has 2 atom stereocenters. The van der Waals surface area contributed by atoms with Crippen LogP contribution in [-0.2, 0) is 20.9 Å². The van der Waals surface area contributed by atoms with Crippen molar-refractivity contribution in [3.8, 4) is 28.3 Å². The molecule has 0 spiro atoms. The van der Waals surface area contributed by atoms with Gasteiger partial charge in [-0.15, -0.1) is 0 Å². The van der Waals surface area contributed by atoms with E-state index in [1.54, 1.807) is 19.5 Å². The number of hydrogen-bond donors (Lipinski definition) is 4. The SMILES string of the molecule is C=C(N=C(C=NCCNCC1CNC(=O)C1)c1cccc(-c2cccc(-c3cnc(CNCC4CCC(=O)N4)c(OC)n3)c2Cl)c1Cl)OC. The van der Waals surface area contributed by atoms with E-state index in [4.69, 9.17) is 37.7 Å². The molecule has 2 saturated heterocycles. The fourth-order valence-corrected chi connectivity index (χ4v) is 6.28. The number of benzene rings is 2. The lowest BCUT2D eigenvalue weighted by Crippen LogP contribution is -2.35. The first-order chi connectivity index (χ1) is 23.8. The molecule has 258 valence electrons. The Bertz CT molecular complexity index is 1750. The molecule has 0 saturated carbocycles. The highest BCUT2D eigenvalue weighted by Gasteiger charge is 2.22. The van der Waals surface area contributed by atoms with Crippen LogP contribution in [0.4, 0.5) is 0 Å². The minimum Gasteiger partial charge on any atom is -0.481 e. The van der Waals surface area contributed by atoms with Gasteiger partial charge in [-0.3, -0.25) is 19.6 Å². The molecule has 2 aromatic carbocycles. The highest BCUT2D eigenvalue weighted by molar-refractivity contribution is 6.46. The van der Waals surface area contributed by atoms with E-state index in [-0.39, 0.29) is 23.7 Å². The second-order valence-electron chi connectivity index (χ2n) is 11.7. The molecule has 2 aliphatic heterocycles. The summed E-state index contributed by atoms with van der Waals surface area (Å²) in [7, 11) is 3.04. The molecule has 2 aliphatic rings. The van der Waals surface area contributed by atoms with Crippen molar-refractivity contribution in [2.24, 2.45) is 15.9 Å². The predicted molar refractivity (Wildman–Crippen MR) is 192 cm³/mol. The number of halogens is 2. The Balaban J connectivity index is 1.33. The van der Waals surface area contributed by atoms with Gasteiger partial charge in [-0.2, -0.15) is 0 Å². The fourth-order valence-electron chi connectivity index (χ4n) is 5.63. The number of carbonyl (C=O) groups is 2. The van der Waals surface area contributed by atoms with Crippen LogP contribution in [-0.4, -0.2) is 86.7 Å². The van der Waals surface area contributed by atoms with Crippen LogP contribution in [0, 0.1) is 5.92 Å². The van der Waals surface area contributed by atoms with Gasteiger partial charge in [-0.05, 0) is 18.9 Å². The summed E-state index contributed by atoms with van der Waals surface area (Å²) in [5, 5.41) is 13.3. The topological polar surface area (TPSA) is 151 Å². The maximum absolute atomic E-state index is 11.5. The standard InChI is InChI=1S/C35H40Cl2N8O4/c1-21(48-2)43-28(18-39-13-12-38-15-22-14-32(47)42-16-22)26-8-4-6-24(33(26)36)25-7-5-9-27(34(25)37)29-20-41-30(35(45-29)49-3)19-40-17-23-10-11-31(46)44-23/h4-9,18,20,22-23,38,40H,1,10-17,19H2,2-3H3,(H,42,47)(H,44,46). The summed E-state index contributed by atoms with van der Waals surface area (Å²) in [6.07, 6.45) is 5.22. The van der Waals surface area contributed by atoms with Gasteiger partial charge >= 0.3 is 0 Å². The van der Waals surface area contributed by atoms with Crippen LogP contribution < -0.4 is 26.0 Å². The lowest BCUT2D eigenvalue weighted by Gasteiger charge is -2.15. The lowest BCUT2D eigenvalue weighted by molar-refractivity contribution is -0.120. The molecule has 5 rings (SSSR count). The van der Waals surface area contributed by atoms with E-state index in [2.05, 4.69) is 42.8 Å². The van der Waals surface area contributed by atoms with Gasteiger partial charge in [0.15, 0.2) is 0 Å². The van der Waals surface area contributed by atoms with E-state index in [9.17, 15) is 9.59 Å². The zero-order valence-electron chi connectivity index (χ0n) is 27.5. The van der Waals surface area contributed by atoms with E-state index in [0.717, 1.165) is 13.0 Å². The Morgan fingerprint density at radius 1 is 1.06 bits per heavy atom. The first-order valence-electron chi connectivity index (χ1n) is 16.0.